The first-order valence-corrected chi connectivity index (χ1v) is 5.23. The Hall–Kier alpha value is -1.15. The number of halogens is 2. The Morgan fingerprint density at radius 3 is 2.80 bits per heavy atom. The molecule has 1 nitrogen and oxygen atoms in total. The van der Waals surface area contributed by atoms with Gasteiger partial charge in [-0.2, -0.15) is 0 Å². The van der Waals surface area contributed by atoms with Crippen LogP contribution < -0.4 is 0 Å². The molecule has 0 aromatic heterocycles. The number of benzene rings is 1. The molecule has 0 radical (unpaired) electrons. The van der Waals surface area contributed by atoms with Crippen LogP contribution in [-0.2, 0) is 4.79 Å². The highest BCUT2D eigenvalue weighted by atomic mass is 35.5. The number of rotatable bonds is 1. The quantitative estimate of drug-likeness (QED) is 0.712. The normalized spacial score (nSPS) is 16.4. The van der Waals surface area contributed by atoms with Crippen LogP contribution in [0.3, 0.4) is 0 Å². The predicted molar refractivity (Wildman–Crippen MR) is 58.2 cm³/mol. The van der Waals surface area contributed by atoms with Crippen LogP contribution in [0, 0.1) is 5.82 Å². The summed E-state index contributed by atoms with van der Waals surface area (Å²) in [7, 11) is 0. The van der Waals surface area contributed by atoms with E-state index in [1.54, 1.807) is 6.08 Å². The van der Waals surface area contributed by atoms with E-state index in [2.05, 4.69) is 0 Å². The Bertz CT molecular complexity index is 437. The van der Waals surface area contributed by atoms with Gasteiger partial charge in [-0.25, -0.2) is 4.39 Å². The molecule has 0 spiro atoms. The van der Waals surface area contributed by atoms with Crippen molar-refractivity contribution in [3.8, 4) is 0 Å². The van der Waals surface area contributed by atoms with E-state index < -0.39 is 0 Å². The Labute approximate surface area is 92.6 Å². The summed E-state index contributed by atoms with van der Waals surface area (Å²) >= 11 is 5.96. The van der Waals surface area contributed by atoms with E-state index in [1.165, 1.54) is 18.2 Å². The van der Waals surface area contributed by atoms with Gasteiger partial charge in [0.05, 0.1) is 0 Å². The molecule has 0 atom stereocenters. The molecule has 0 bridgehead atoms. The second-order valence-corrected chi connectivity index (χ2v) is 4.02. The fraction of sp³-hybridized carbons (Fsp3) is 0.250. The zero-order valence-electron chi connectivity index (χ0n) is 8.09. The van der Waals surface area contributed by atoms with E-state index in [0.717, 1.165) is 18.4 Å². The van der Waals surface area contributed by atoms with E-state index in [9.17, 15) is 9.18 Å². The molecule has 1 aromatic rings. The number of hydrogen-bond acceptors (Lipinski definition) is 1. The molecule has 1 aliphatic rings. The predicted octanol–water partition coefficient (Wildman–Crippen LogP) is 3.62. The lowest BCUT2D eigenvalue weighted by molar-refractivity contribution is -0.114. The maximum absolute atomic E-state index is 13.0. The van der Waals surface area contributed by atoms with E-state index in [1.807, 2.05) is 0 Å². The van der Waals surface area contributed by atoms with Gasteiger partial charge in [0.1, 0.15) is 5.82 Å². The summed E-state index contributed by atoms with van der Waals surface area (Å²) in [5.41, 5.74) is 1.49. The van der Waals surface area contributed by atoms with E-state index >= 15 is 0 Å². The van der Waals surface area contributed by atoms with Gasteiger partial charge in [-0.1, -0.05) is 11.6 Å². The highest BCUT2D eigenvalue weighted by Crippen LogP contribution is 2.30. The molecular formula is C12H10ClFO. The van der Waals surface area contributed by atoms with Crippen molar-refractivity contribution in [3.63, 3.8) is 0 Å². The molecule has 3 heteroatoms. The van der Waals surface area contributed by atoms with Crippen LogP contribution in [0.4, 0.5) is 4.39 Å². The molecule has 0 saturated carbocycles. The average Bonchev–Trinajstić information content (AvgIpc) is 2.22. The summed E-state index contributed by atoms with van der Waals surface area (Å²) in [6.45, 7) is 0. The average molecular weight is 225 g/mol. The molecule has 0 N–H and O–H groups in total. The molecule has 0 unspecified atom stereocenters. The van der Waals surface area contributed by atoms with Gasteiger partial charge in [0.2, 0.25) is 0 Å². The first-order chi connectivity index (χ1) is 7.16. The summed E-state index contributed by atoms with van der Waals surface area (Å²) in [6, 6.07) is 4.22. The number of hydrogen-bond donors (Lipinski definition) is 0. The number of carbonyl (C=O) groups is 1. The molecule has 1 aromatic carbocycles. The molecular weight excluding hydrogens is 215 g/mol. The number of ketones is 1. The summed E-state index contributed by atoms with van der Waals surface area (Å²) in [5.74, 6) is -0.232. The van der Waals surface area contributed by atoms with Crippen LogP contribution in [0.5, 0.6) is 0 Å². The Balaban J connectivity index is 2.44. The van der Waals surface area contributed by atoms with Crippen LogP contribution in [0.1, 0.15) is 24.8 Å². The molecule has 78 valence electrons. The van der Waals surface area contributed by atoms with Crippen LogP contribution in [0.2, 0.25) is 5.02 Å². The Kier molecular flexibility index (Phi) is 2.87. The van der Waals surface area contributed by atoms with Gasteiger partial charge in [-0.15, -0.1) is 0 Å². The molecule has 0 fully saturated rings. The van der Waals surface area contributed by atoms with Crippen molar-refractivity contribution in [3.05, 3.63) is 40.7 Å². The second kappa shape index (κ2) is 4.15. The van der Waals surface area contributed by atoms with Crippen molar-refractivity contribution in [1.29, 1.82) is 0 Å². The largest absolute Gasteiger partial charge is 0.295 e. The van der Waals surface area contributed by atoms with E-state index in [0.29, 0.717) is 17.0 Å². The van der Waals surface area contributed by atoms with Gasteiger partial charge in [0.25, 0.3) is 0 Å². The summed E-state index contributed by atoms with van der Waals surface area (Å²) in [6.07, 6.45) is 3.76. The zero-order valence-corrected chi connectivity index (χ0v) is 8.85. The van der Waals surface area contributed by atoms with Crippen LogP contribution in [-0.4, -0.2) is 5.78 Å². The van der Waals surface area contributed by atoms with Crippen LogP contribution >= 0.6 is 11.6 Å². The van der Waals surface area contributed by atoms with Gasteiger partial charge < -0.3 is 0 Å². The maximum Gasteiger partial charge on any atom is 0.155 e. The number of allylic oxidation sites excluding steroid dienone is 2. The summed E-state index contributed by atoms with van der Waals surface area (Å²) < 4.78 is 13.0. The minimum Gasteiger partial charge on any atom is -0.295 e. The van der Waals surface area contributed by atoms with E-state index in [-0.39, 0.29) is 11.6 Å². The van der Waals surface area contributed by atoms with Crippen LogP contribution in [0.15, 0.2) is 24.3 Å². The van der Waals surface area contributed by atoms with Crippen LogP contribution in [0.25, 0.3) is 5.57 Å². The molecule has 0 heterocycles. The highest BCUT2D eigenvalue weighted by molar-refractivity contribution is 6.32. The van der Waals surface area contributed by atoms with Gasteiger partial charge in [0, 0.05) is 11.4 Å². The molecule has 0 amide bonds. The van der Waals surface area contributed by atoms with Crippen molar-refractivity contribution in [2.45, 2.75) is 19.3 Å². The Morgan fingerprint density at radius 2 is 2.07 bits per heavy atom. The summed E-state index contributed by atoms with van der Waals surface area (Å²) in [5, 5.41) is 0.498. The minimum absolute atomic E-state index is 0.0941. The van der Waals surface area contributed by atoms with Gasteiger partial charge >= 0.3 is 0 Å². The molecule has 0 saturated heterocycles. The minimum atomic E-state index is -0.326. The molecule has 2 rings (SSSR count). The van der Waals surface area contributed by atoms with Crippen molar-refractivity contribution < 1.29 is 9.18 Å². The van der Waals surface area contributed by atoms with Crippen molar-refractivity contribution in [2.75, 3.05) is 0 Å². The lowest BCUT2D eigenvalue weighted by atomic mass is 9.93. The second-order valence-electron chi connectivity index (χ2n) is 3.61. The van der Waals surface area contributed by atoms with Crippen molar-refractivity contribution in [1.82, 2.24) is 0 Å². The topological polar surface area (TPSA) is 17.1 Å². The lowest BCUT2D eigenvalue weighted by Gasteiger charge is -2.13. The lowest BCUT2D eigenvalue weighted by Crippen LogP contribution is -2.02. The van der Waals surface area contributed by atoms with Crippen molar-refractivity contribution >= 4 is 23.0 Å². The highest BCUT2D eigenvalue weighted by Gasteiger charge is 2.14. The Morgan fingerprint density at radius 1 is 1.27 bits per heavy atom. The van der Waals surface area contributed by atoms with Crippen molar-refractivity contribution in [2.24, 2.45) is 0 Å². The third kappa shape index (κ3) is 2.26. The fourth-order valence-electron chi connectivity index (χ4n) is 1.75. The third-order valence-electron chi connectivity index (χ3n) is 2.48. The first kappa shape index (κ1) is 10.4. The zero-order chi connectivity index (χ0) is 10.8. The number of carbonyl (C=O) groups excluding carboxylic acids is 1. The van der Waals surface area contributed by atoms with E-state index in [4.69, 9.17) is 11.6 Å². The first-order valence-electron chi connectivity index (χ1n) is 4.85. The SMILES string of the molecule is O=C1C=C(c2cc(F)ccc2Cl)CCC1. The molecule has 1 aliphatic carbocycles. The van der Waals surface area contributed by atoms with Gasteiger partial charge in [-0.05, 0) is 48.3 Å². The standard InChI is InChI=1S/C12H10ClFO/c13-12-5-4-9(14)7-11(12)8-2-1-3-10(15)6-8/h4-7H,1-3H2. The third-order valence-corrected chi connectivity index (χ3v) is 2.81. The smallest absolute Gasteiger partial charge is 0.155 e. The maximum atomic E-state index is 13.0. The monoisotopic (exact) mass is 224 g/mol. The van der Waals surface area contributed by atoms with Gasteiger partial charge in [0.15, 0.2) is 5.78 Å². The molecule has 0 aliphatic heterocycles. The fourth-order valence-corrected chi connectivity index (χ4v) is 1.99. The summed E-state index contributed by atoms with van der Waals surface area (Å²) in [4.78, 5) is 11.2. The molecule has 15 heavy (non-hydrogen) atoms. The van der Waals surface area contributed by atoms with Gasteiger partial charge in [-0.3, -0.25) is 4.79 Å².